The highest BCUT2D eigenvalue weighted by Crippen LogP contribution is 2.40. The standard InChI is InChI=1S/C15H4BF18N6/c17-10(18,19)4-1-7(13(26,27)28)38(35-4)16(39-8(14(29,30)31)2-5(36-39)11(20,21)22)40-9(15(32,33)34)3-6(37-40)12(23,24)25/h1-3,16H/q-1. The predicted molar refractivity (Wildman–Crippen MR) is 90.0 cm³/mol. The van der Waals surface area contributed by atoms with Crippen LogP contribution in [0.1, 0.15) is 34.2 Å². The van der Waals surface area contributed by atoms with Gasteiger partial charge in [-0.3, -0.25) is 0 Å². The first kappa shape index (κ1) is 31.0. The molecule has 6 nitrogen and oxygen atoms in total. The van der Waals surface area contributed by atoms with Gasteiger partial charge in [0.25, 0.3) is 0 Å². The molecule has 224 valence electrons. The number of aromatic nitrogens is 6. The van der Waals surface area contributed by atoms with Gasteiger partial charge in [0.2, 0.25) is 0 Å². The van der Waals surface area contributed by atoms with E-state index in [9.17, 15) is 79.0 Å². The Labute approximate surface area is 205 Å². The highest BCUT2D eigenvalue weighted by Gasteiger charge is 2.48. The van der Waals surface area contributed by atoms with Crippen molar-refractivity contribution in [1.29, 1.82) is 0 Å². The average molecular weight is 621 g/mol. The van der Waals surface area contributed by atoms with Crippen molar-refractivity contribution in [1.82, 2.24) is 29.1 Å². The number of hydrogen-bond donors (Lipinski definition) is 0. The van der Waals surface area contributed by atoms with E-state index in [0.717, 1.165) is 0 Å². The fraction of sp³-hybridized carbons (Fsp3) is 0.400. The van der Waals surface area contributed by atoms with E-state index in [4.69, 9.17) is 0 Å². The molecular weight excluding hydrogens is 617 g/mol. The fourth-order valence-electron chi connectivity index (χ4n) is 3.38. The van der Waals surface area contributed by atoms with Crippen LogP contribution in [0.15, 0.2) is 18.2 Å². The molecular formula is C15H4BF18N6-. The maximum Gasteiger partial charge on any atom is 0.435 e. The smallest absolute Gasteiger partial charge is 0.392 e. The van der Waals surface area contributed by atoms with E-state index in [0.29, 0.717) is 0 Å². The van der Waals surface area contributed by atoms with Crippen molar-refractivity contribution in [3.05, 3.63) is 52.4 Å². The largest absolute Gasteiger partial charge is 0.435 e. The van der Waals surface area contributed by atoms with Gasteiger partial charge in [-0.1, -0.05) is 0 Å². The minimum absolute atomic E-state index is 0.942. The average Bonchev–Trinajstić information content (AvgIpc) is 3.42. The molecule has 3 aromatic rings. The van der Waals surface area contributed by atoms with E-state index >= 15 is 0 Å². The van der Waals surface area contributed by atoms with Gasteiger partial charge >= 0.3 is 44.2 Å². The van der Waals surface area contributed by atoms with Crippen molar-refractivity contribution in [3.63, 3.8) is 0 Å². The summed E-state index contributed by atoms with van der Waals surface area (Å²) in [7, 11) is -5.30. The molecule has 3 heterocycles. The molecule has 0 atom stereocenters. The molecule has 0 aliphatic rings. The van der Waals surface area contributed by atoms with Gasteiger partial charge in [-0.25, -0.2) is 15.3 Å². The van der Waals surface area contributed by atoms with Gasteiger partial charge in [-0.15, -0.1) is 0 Å². The highest BCUT2D eigenvalue weighted by molar-refractivity contribution is 6.53. The van der Waals surface area contributed by atoms with Crippen LogP contribution in [0.25, 0.3) is 0 Å². The van der Waals surface area contributed by atoms with Crippen molar-refractivity contribution in [2.24, 2.45) is 0 Å². The van der Waals surface area contributed by atoms with E-state index in [2.05, 4.69) is 15.3 Å². The second kappa shape index (κ2) is 8.97. The molecule has 0 spiro atoms. The number of rotatable bonds is 3. The molecule has 0 fully saturated rings. The molecule has 0 bridgehead atoms. The Balaban J connectivity index is 2.60. The Morgan fingerprint density at radius 1 is 0.375 bits per heavy atom. The van der Waals surface area contributed by atoms with Crippen LogP contribution in [-0.2, 0) is 37.1 Å². The molecule has 0 saturated heterocycles. The first-order valence-electron chi connectivity index (χ1n) is 9.52. The van der Waals surface area contributed by atoms with Gasteiger partial charge < -0.3 is 13.8 Å². The lowest BCUT2D eigenvalue weighted by Crippen LogP contribution is -2.49. The summed E-state index contributed by atoms with van der Waals surface area (Å²) in [5.74, 6) is 0. The van der Waals surface area contributed by atoms with Crippen LogP contribution >= 0.6 is 0 Å². The lowest BCUT2D eigenvalue weighted by atomic mass is 9.92. The third-order valence-electron chi connectivity index (χ3n) is 4.89. The number of alkyl halides is 18. The van der Waals surface area contributed by atoms with Crippen LogP contribution in [-0.4, -0.2) is 36.2 Å². The molecule has 0 aliphatic carbocycles. The van der Waals surface area contributed by atoms with Gasteiger partial charge in [0.1, 0.15) is 17.1 Å². The number of hydrogen-bond acceptors (Lipinski definition) is 3. The lowest BCUT2D eigenvalue weighted by Gasteiger charge is -2.33. The first-order chi connectivity index (χ1) is 17.6. The van der Waals surface area contributed by atoms with Crippen LogP contribution in [0.2, 0.25) is 0 Å². The maximum atomic E-state index is 13.6. The molecule has 0 amide bonds. The van der Waals surface area contributed by atoms with Crippen molar-refractivity contribution in [3.8, 4) is 0 Å². The van der Waals surface area contributed by atoms with Crippen LogP contribution in [0.3, 0.4) is 0 Å². The van der Waals surface area contributed by atoms with Crippen LogP contribution < -0.4 is 0 Å². The van der Waals surface area contributed by atoms with Gasteiger partial charge in [-0.2, -0.15) is 79.0 Å². The Morgan fingerprint density at radius 2 is 0.575 bits per heavy atom. The third-order valence-corrected chi connectivity index (χ3v) is 4.89. The monoisotopic (exact) mass is 621 g/mol. The maximum absolute atomic E-state index is 13.6. The topological polar surface area (TPSA) is 53.5 Å². The van der Waals surface area contributed by atoms with Gasteiger partial charge in [0, 0.05) is 0 Å². The third kappa shape index (κ3) is 5.95. The minimum Gasteiger partial charge on any atom is -0.392 e. The normalized spacial score (nSPS) is 14.5. The fourth-order valence-corrected chi connectivity index (χ4v) is 3.38. The van der Waals surface area contributed by atoms with E-state index < -0.39 is 110 Å². The summed E-state index contributed by atoms with van der Waals surface area (Å²) in [5.41, 5.74) is -16.3. The van der Waals surface area contributed by atoms with Crippen LogP contribution in [0, 0.1) is 0 Å². The molecule has 40 heavy (non-hydrogen) atoms. The lowest BCUT2D eigenvalue weighted by molar-refractivity contribution is -0.144. The molecule has 3 aromatic heterocycles. The van der Waals surface area contributed by atoms with Crippen molar-refractivity contribution in [2.75, 3.05) is 0 Å². The molecule has 0 saturated carbocycles. The zero-order valence-corrected chi connectivity index (χ0v) is 17.9. The quantitative estimate of drug-likeness (QED) is 0.265. The summed E-state index contributed by atoms with van der Waals surface area (Å²) in [6, 6.07) is -2.82. The van der Waals surface area contributed by atoms with Crippen molar-refractivity contribution in [2.45, 2.75) is 37.1 Å². The Bertz CT molecular complexity index is 1210. The van der Waals surface area contributed by atoms with E-state index in [1.807, 2.05) is 0 Å². The van der Waals surface area contributed by atoms with Crippen molar-refractivity contribution < 1.29 is 79.0 Å². The number of halogens is 18. The summed E-state index contributed by atoms with van der Waals surface area (Å²) < 4.78 is 237. The van der Waals surface area contributed by atoms with E-state index in [1.54, 1.807) is 0 Å². The van der Waals surface area contributed by atoms with Gasteiger partial charge in [-0.05, 0) is 18.2 Å². The summed E-state index contributed by atoms with van der Waals surface area (Å²) >= 11 is 0. The Kier molecular flexibility index (Phi) is 6.95. The minimum atomic E-state index is -6.13. The van der Waals surface area contributed by atoms with E-state index in [1.165, 1.54) is 0 Å². The summed E-state index contributed by atoms with van der Waals surface area (Å²) in [4.78, 5) is 0. The second-order valence-corrected chi connectivity index (χ2v) is 7.65. The molecule has 0 aliphatic heterocycles. The second-order valence-electron chi connectivity index (χ2n) is 7.65. The van der Waals surface area contributed by atoms with Crippen LogP contribution in [0.5, 0.6) is 0 Å². The zero-order chi connectivity index (χ0) is 31.0. The Morgan fingerprint density at radius 3 is 0.725 bits per heavy atom. The van der Waals surface area contributed by atoms with E-state index in [-0.39, 0.29) is 0 Å². The highest BCUT2D eigenvalue weighted by atomic mass is 19.4. The molecule has 25 heteroatoms. The molecule has 0 unspecified atom stereocenters. The van der Waals surface area contributed by atoms with Gasteiger partial charge in [0.05, 0.1) is 0 Å². The molecule has 0 aromatic carbocycles. The Hall–Kier alpha value is -3.57. The molecule has 0 radical (unpaired) electrons. The summed E-state index contributed by atoms with van der Waals surface area (Å²) in [6.07, 6.45) is -36.1. The van der Waals surface area contributed by atoms with Gasteiger partial charge in [0.15, 0.2) is 17.1 Å². The predicted octanol–water partition coefficient (Wildman–Crippen LogP) is 6.05. The number of nitrogens with zero attached hydrogens (tertiary/aromatic N) is 6. The molecule has 0 N–H and O–H groups in total. The first-order valence-corrected chi connectivity index (χ1v) is 9.52. The SMILES string of the molecule is FC(F)(F)c1cc(C(F)(F)F)n([BH-](n2nc(C(F)(F)F)cc2C(F)(F)F)n2nc(C(F)(F)F)cc2C(F)(F)F)n1. The van der Waals surface area contributed by atoms with Crippen molar-refractivity contribution >= 4 is 7.12 Å². The summed E-state index contributed by atoms with van der Waals surface area (Å²) in [5, 5.41) is 6.84. The molecule has 3 rings (SSSR count). The zero-order valence-electron chi connectivity index (χ0n) is 17.9. The summed E-state index contributed by atoms with van der Waals surface area (Å²) in [6.45, 7) is 0. The van der Waals surface area contributed by atoms with Crippen LogP contribution in [0.4, 0.5) is 79.0 Å².